The lowest BCUT2D eigenvalue weighted by Crippen LogP contribution is -2.20. The zero-order chi connectivity index (χ0) is 6.97. The summed E-state index contributed by atoms with van der Waals surface area (Å²) in [5.41, 5.74) is 3.15. The van der Waals surface area contributed by atoms with Gasteiger partial charge in [0, 0.05) is 0 Å². The number of fused-ring (bicyclic) bond motifs is 1. The first-order valence-corrected chi connectivity index (χ1v) is 3.99. The van der Waals surface area contributed by atoms with Crippen molar-refractivity contribution in [3.05, 3.63) is 35.4 Å². The van der Waals surface area contributed by atoms with Crippen LogP contribution in [0.25, 0.3) is 0 Å². The molecule has 50 valence electrons. The van der Waals surface area contributed by atoms with E-state index >= 15 is 0 Å². The lowest BCUT2D eigenvalue weighted by Gasteiger charge is -2.28. The number of rotatable bonds is 1. The van der Waals surface area contributed by atoms with E-state index in [1.807, 2.05) is 0 Å². The third-order valence-electron chi connectivity index (χ3n) is 2.45. The van der Waals surface area contributed by atoms with Crippen molar-refractivity contribution in [2.24, 2.45) is 0 Å². The molecule has 1 atom stereocenters. The highest BCUT2D eigenvalue weighted by atomic mass is 14.2. The van der Waals surface area contributed by atoms with E-state index in [4.69, 9.17) is 0 Å². The standard InChI is InChI=1S/C9H11B/c1-10-9-6-7-4-2-3-5-8(7)9/h2-5,9-10H,6H2,1H3. The predicted octanol–water partition coefficient (Wildman–Crippen LogP) is 1.77. The minimum Gasteiger partial charge on any atom is -0.0888 e. The summed E-state index contributed by atoms with van der Waals surface area (Å²) in [4.78, 5) is 0. The molecule has 1 aliphatic rings. The van der Waals surface area contributed by atoms with Crippen LogP contribution < -0.4 is 0 Å². The third kappa shape index (κ3) is 0.699. The van der Waals surface area contributed by atoms with Gasteiger partial charge in [-0.05, 0) is 23.4 Å². The second kappa shape index (κ2) is 2.15. The van der Waals surface area contributed by atoms with Gasteiger partial charge in [-0.3, -0.25) is 0 Å². The van der Waals surface area contributed by atoms with Crippen molar-refractivity contribution in [1.29, 1.82) is 0 Å². The molecule has 0 radical (unpaired) electrons. The molecule has 0 aromatic heterocycles. The quantitative estimate of drug-likeness (QED) is 0.508. The van der Waals surface area contributed by atoms with Gasteiger partial charge in [-0.25, -0.2) is 0 Å². The molecule has 0 fully saturated rings. The molecular formula is C9H11B. The Morgan fingerprint density at radius 2 is 2.20 bits per heavy atom. The van der Waals surface area contributed by atoms with E-state index in [1.165, 1.54) is 13.7 Å². The van der Waals surface area contributed by atoms with Gasteiger partial charge in [0.2, 0.25) is 0 Å². The summed E-state index contributed by atoms with van der Waals surface area (Å²) < 4.78 is 0. The van der Waals surface area contributed by atoms with Crippen LogP contribution in [0.3, 0.4) is 0 Å². The first-order valence-electron chi connectivity index (χ1n) is 3.99. The van der Waals surface area contributed by atoms with Crippen molar-refractivity contribution in [2.45, 2.75) is 19.1 Å². The molecule has 1 aromatic rings. The van der Waals surface area contributed by atoms with Gasteiger partial charge in [0.15, 0.2) is 0 Å². The Morgan fingerprint density at radius 1 is 1.40 bits per heavy atom. The Morgan fingerprint density at radius 3 is 2.90 bits per heavy atom. The predicted molar refractivity (Wildman–Crippen MR) is 45.9 cm³/mol. The molecule has 0 nitrogen and oxygen atoms in total. The first-order chi connectivity index (χ1) is 4.92. The highest BCUT2D eigenvalue weighted by Crippen LogP contribution is 2.33. The van der Waals surface area contributed by atoms with Gasteiger partial charge < -0.3 is 0 Å². The van der Waals surface area contributed by atoms with Crippen molar-refractivity contribution in [3.63, 3.8) is 0 Å². The Balaban J connectivity index is 2.34. The Kier molecular flexibility index (Phi) is 1.30. The second-order valence-electron chi connectivity index (χ2n) is 3.01. The molecule has 0 heterocycles. The van der Waals surface area contributed by atoms with Crippen LogP contribution in [-0.4, -0.2) is 7.28 Å². The maximum absolute atomic E-state index is 2.26. The molecule has 0 aliphatic heterocycles. The highest BCUT2D eigenvalue weighted by Gasteiger charge is 2.23. The van der Waals surface area contributed by atoms with Crippen LogP contribution in [0.4, 0.5) is 0 Å². The molecule has 0 N–H and O–H groups in total. The van der Waals surface area contributed by atoms with Gasteiger partial charge in [0.1, 0.15) is 7.28 Å². The largest absolute Gasteiger partial charge is 0.127 e. The van der Waals surface area contributed by atoms with Crippen LogP contribution in [0.1, 0.15) is 16.9 Å². The summed E-state index contributed by atoms with van der Waals surface area (Å²) in [6.45, 7) is 2.26. The summed E-state index contributed by atoms with van der Waals surface area (Å²) in [6.07, 6.45) is 1.31. The molecule has 0 bridgehead atoms. The summed E-state index contributed by atoms with van der Waals surface area (Å²) in [7, 11) is 1.30. The SMILES string of the molecule is CBC1Cc2ccccc21. The molecule has 1 aromatic carbocycles. The fourth-order valence-corrected chi connectivity index (χ4v) is 1.73. The molecule has 0 amide bonds. The van der Waals surface area contributed by atoms with Gasteiger partial charge >= 0.3 is 0 Å². The highest BCUT2D eigenvalue weighted by molar-refractivity contribution is 6.36. The van der Waals surface area contributed by atoms with Gasteiger partial charge in [-0.2, -0.15) is 0 Å². The maximum atomic E-state index is 2.26. The molecule has 10 heavy (non-hydrogen) atoms. The summed E-state index contributed by atoms with van der Waals surface area (Å²) in [5.74, 6) is 0.871. The molecule has 0 saturated carbocycles. The van der Waals surface area contributed by atoms with Crippen molar-refractivity contribution in [3.8, 4) is 0 Å². The topological polar surface area (TPSA) is 0 Å². The van der Waals surface area contributed by atoms with Crippen LogP contribution >= 0.6 is 0 Å². The van der Waals surface area contributed by atoms with E-state index in [0.29, 0.717) is 0 Å². The zero-order valence-corrected chi connectivity index (χ0v) is 6.30. The van der Waals surface area contributed by atoms with Crippen LogP contribution in [0.15, 0.2) is 24.3 Å². The second-order valence-corrected chi connectivity index (χ2v) is 3.01. The molecular weight excluding hydrogens is 119 g/mol. The molecule has 0 spiro atoms. The van der Waals surface area contributed by atoms with Crippen molar-refractivity contribution >= 4 is 7.28 Å². The molecule has 1 unspecified atom stereocenters. The van der Waals surface area contributed by atoms with E-state index in [2.05, 4.69) is 31.1 Å². The van der Waals surface area contributed by atoms with Gasteiger partial charge in [0.25, 0.3) is 0 Å². The molecule has 1 aliphatic carbocycles. The van der Waals surface area contributed by atoms with Crippen molar-refractivity contribution < 1.29 is 0 Å². The smallest absolute Gasteiger partial charge is 0.0888 e. The fourth-order valence-electron chi connectivity index (χ4n) is 1.73. The number of benzene rings is 1. The molecule has 0 saturated heterocycles. The number of hydrogen-bond donors (Lipinski definition) is 0. The minimum absolute atomic E-state index is 0.871. The fraction of sp³-hybridized carbons (Fsp3) is 0.333. The van der Waals surface area contributed by atoms with Crippen LogP contribution in [0.5, 0.6) is 0 Å². The monoisotopic (exact) mass is 130 g/mol. The van der Waals surface area contributed by atoms with Gasteiger partial charge in [-0.1, -0.05) is 31.1 Å². The molecule has 2 rings (SSSR count). The lowest BCUT2D eigenvalue weighted by molar-refractivity contribution is 0.794. The van der Waals surface area contributed by atoms with Gasteiger partial charge in [-0.15, -0.1) is 0 Å². The summed E-state index contributed by atoms with van der Waals surface area (Å²) in [5, 5.41) is 0. The first kappa shape index (κ1) is 6.02. The Labute approximate surface area is 62.5 Å². The summed E-state index contributed by atoms with van der Waals surface area (Å²) >= 11 is 0. The minimum atomic E-state index is 0.871. The van der Waals surface area contributed by atoms with E-state index in [0.717, 1.165) is 5.82 Å². The van der Waals surface area contributed by atoms with Crippen LogP contribution in [-0.2, 0) is 6.42 Å². The summed E-state index contributed by atoms with van der Waals surface area (Å²) in [6, 6.07) is 8.76. The average Bonchev–Trinajstić information content (AvgIpc) is 1.92. The van der Waals surface area contributed by atoms with Crippen molar-refractivity contribution in [1.82, 2.24) is 0 Å². The lowest BCUT2D eigenvalue weighted by atomic mass is 9.55. The van der Waals surface area contributed by atoms with Crippen molar-refractivity contribution in [2.75, 3.05) is 0 Å². The van der Waals surface area contributed by atoms with E-state index in [9.17, 15) is 0 Å². The normalized spacial score (nSPS) is 21.1. The Bertz CT molecular complexity index is 242. The zero-order valence-electron chi connectivity index (χ0n) is 6.30. The number of hydrogen-bond acceptors (Lipinski definition) is 0. The maximum Gasteiger partial charge on any atom is 0.127 e. The van der Waals surface area contributed by atoms with E-state index in [1.54, 1.807) is 11.1 Å². The van der Waals surface area contributed by atoms with E-state index < -0.39 is 0 Å². The van der Waals surface area contributed by atoms with Crippen LogP contribution in [0.2, 0.25) is 6.82 Å². The van der Waals surface area contributed by atoms with E-state index in [-0.39, 0.29) is 0 Å². The Hall–Kier alpha value is -0.715. The molecule has 1 heteroatoms. The van der Waals surface area contributed by atoms with Gasteiger partial charge in [0.05, 0.1) is 0 Å². The average molecular weight is 130 g/mol. The third-order valence-corrected chi connectivity index (χ3v) is 2.45. The van der Waals surface area contributed by atoms with Crippen LogP contribution in [0, 0.1) is 0 Å².